The SMILES string of the molecule is CC(C)(C)n1cc[n+](Cn2[c-][n+](C(C)(C)C)cc2)c1. The molecule has 0 aliphatic carbocycles. The Bertz CT molecular complexity index is 499. The van der Waals surface area contributed by atoms with Gasteiger partial charge in [-0.2, -0.15) is 0 Å². The number of nitrogens with zero attached hydrogens (tertiary/aromatic N) is 4. The standard InChI is InChI=1S/C15H25N4/c1-14(2,3)18-9-7-16(12-18)11-17-8-10-19(13-17)15(4,5)6/h7-10,12H,11H2,1-6H3/q+1. The van der Waals surface area contributed by atoms with Gasteiger partial charge >= 0.3 is 0 Å². The van der Waals surface area contributed by atoms with E-state index in [-0.39, 0.29) is 11.1 Å². The van der Waals surface area contributed by atoms with E-state index in [9.17, 15) is 0 Å². The third-order valence-electron chi connectivity index (χ3n) is 3.14. The van der Waals surface area contributed by atoms with Crippen LogP contribution < -0.4 is 9.13 Å². The minimum Gasteiger partial charge on any atom is -0.347 e. The quantitative estimate of drug-likeness (QED) is 0.578. The zero-order chi connectivity index (χ0) is 14.3. The van der Waals surface area contributed by atoms with Gasteiger partial charge in [-0.05, 0) is 53.9 Å². The van der Waals surface area contributed by atoms with Crippen molar-refractivity contribution in [1.29, 1.82) is 0 Å². The van der Waals surface area contributed by atoms with Crippen molar-refractivity contribution in [1.82, 2.24) is 9.13 Å². The number of hydrogen-bond acceptors (Lipinski definition) is 0. The lowest BCUT2D eigenvalue weighted by atomic mass is 10.1. The third kappa shape index (κ3) is 3.25. The molecule has 0 amide bonds. The first kappa shape index (κ1) is 13.8. The summed E-state index contributed by atoms with van der Waals surface area (Å²) in [4.78, 5) is 0. The summed E-state index contributed by atoms with van der Waals surface area (Å²) in [5.74, 6) is 0. The van der Waals surface area contributed by atoms with Gasteiger partial charge in [0.05, 0.1) is 5.54 Å². The molecule has 2 heterocycles. The van der Waals surface area contributed by atoms with Crippen LogP contribution in [-0.4, -0.2) is 9.13 Å². The first-order chi connectivity index (χ1) is 8.66. The van der Waals surface area contributed by atoms with Crippen LogP contribution in [-0.2, 0) is 17.7 Å². The Labute approximate surface area is 115 Å². The van der Waals surface area contributed by atoms with E-state index in [4.69, 9.17) is 0 Å². The molecule has 0 aliphatic heterocycles. The van der Waals surface area contributed by atoms with E-state index in [0.717, 1.165) is 6.67 Å². The Morgan fingerprint density at radius 3 is 2.16 bits per heavy atom. The van der Waals surface area contributed by atoms with E-state index in [1.54, 1.807) is 0 Å². The average molecular weight is 261 g/mol. The third-order valence-corrected chi connectivity index (χ3v) is 3.14. The number of aromatic nitrogens is 4. The van der Waals surface area contributed by atoms with Gasteiger partial charge in [0, 0.05) is 0 Å². The summed E-state index contributed by atoms with van der Waals surface area (Å²) < 4.78 is 8.55. The van der Waals surface area contributed by atoms with Crippen LogP contribution >= 0.6 is 0 Å². The van der Waals surface area contributed by atoms with Crippen molar-refractivity contribution in [3.8, 4) is 0 Å². The number of hydrogen-bond donors (Lipinski definition) is 0. The van der Waals surface area contributed by atoms with Crippen LogP contribution in [0.4, 0.5) is 0 Å². The molecule has 0 bridgehead atoms. The Balaban J connectivity index is 2.14. The van der Waals surface area contributed by atoms with Crippen molar-refractivity contribution in [3.63, 3.8) is 0 Å². The molecule has 0 saturated carbocycles. The van der Waals surface area contributed by atoms with Crippen LogP contribution in [0.25, 0.3) is 0 Å². The van der Waals surface area contributed by atoms with Crippen LogP contribution in [0, 0.1) is 6.33 Å². The topological polar surface area (TPSA) is 17.6 Å². The molecule has 2 rings (SSSR count). The molecule has 0 unspecified atom stereocenters. The Kier molecular flexibility index (Phi) is 3.29. The van der Waals surface area contributed by atoms with E-state index < -0.39 is 0 Å². The molecule has 2 aromatic heterocycles. The summed E-state index contributed by atoms with van der Waals surface area (Å²) in [6.07, 6.45) is 13.8. The lowest BCUT2D eigenvalue weighted by molar-refractivity contribution is -0.760. The summed E-state index contributed by atoms with van der Waals surface area (Å²) in [6.45, 7) is 13.9. The molecular weight excluding hydrogens is 236 g/mol. The van der Waals surface area contributed by atoms with Gasteiger partial charge in [0.1, 0.15) is 17.9 Å². The second-order valence-electron chi connectivity index (χ2n) is 7.06. The van der Waals surface area contributed by atoms with Crippen LogP contribution in [0.3, 0.4) is 0 Å². The molecule has 0 spiro atoms. The summed E-state index contributed by atoms with van der Waals surface area (Å²) in [6, 6.07) is 0. The van der Waals surface area contributed by atoms with Gasteiger partial charge in [0.2, 0.25) is 19.3 Å². The predicted octanol–water partition coefficient (Wildman–Crippen LogP) is 1.68. The van der Waals surface area contributed by atoms with E-state index in [2.05, 4.69) is 97.3 Å². The lowest BCUT2D eigenvalue weighted by Crippen LogP contribution is -2.49. The summed E-state index contributed by atoms with van der Waals surface area (Å²) >= 11 is 0. The maximum absolute atomic E-state index is 3.35. The minimum atomic E-state index is 0.0766. The summed E-state index contributed by atoms with van der Waals surface area (Å²) in [5, 5.41) is 0. The van der Waals surface area contributed by atoms with E-state index in [1.165, 1.54) is 0 Å². The Morgan fingerprint density at radius 2 is 1.68 bits per heavy atom. The molecule has 104 valence electrons. The smallest absolute Gasteiger partial charge is 0.247 e. The van der Waals surface area contributed by atoms with Crippen molar-refractivity contribution >= 4 is 0 Å². The zero-order valence-corrected chi connectivity index (χ0v) is 12.9. The van der Waals surface area contributed by atoms with E-state index in [1.807, 2.05) is 0 Å². The molecular formula is C15H25N4+. The maximum Gasteiger partial charge on any atom is 0.247 e. The first-order valence-corrected chi connectivity index (χ1v) is 6.74. The molecule has 2 aromatic rings. The molecule has 0 saturated heterocycles. The highest BCUT2D eigenvalue weighted by Crippen LogP contribution is 2.11. The van der Waals surface area contributed by atoms with E-state index in [0.29, 0.717) is 0 Å². The number of imidazole rings is 2. The largest absolute Gasteiger partial charge is 0.347 e. The highest BCUT2D eigenvalue weighted by atomic mass is 15.2. The van der Waals surface area contributed by atoms with Crippen molar-refractivity contribution < 1.29 is 9.13 Å². The average Bonchev–Trinajstić information content (AvgIpc) is 2.84. The Hall–Kier alpha value is -1.58. The molecule has 0 atom stereocenters. The summed E-state index contributed by atoms with van der Waals surface area (Å²) in [5.41, 5.74) is 0.199. The van der Waals surface area contributed by atoms with Gasteiger partial charge in [-0.3, -0.25) is 0 Å². The van der Waals surface area contributed by atoms with Gasteiger partial charge in [-0.1, -0.05) is 0 Å². The molecule has 0 aliphatic rings. The highest BCUT2D eigenvalue weighted by Gasteiger charge is 2.19. The fourth-order valence-electron chi connectivity index (χ4n) is 1.86. The predicted molar refractivity (Wildman–Crippen MR) is 73.5 cm³/mol. The van der Waals surface area contributed by atoms with Gasteiger partial charge < -0.3 is 9.13 Å². The minimum absolute atomic E-state index is 0.0766. The lowest BCUT2D eigenvalue weighted by Gasteiger charge is -2.18. The van der Waals surface area contributed by atoms with Crippen LogP contribution in [0.5, 0.6) is 0 Å². The highest BCUT2D eigenvalue weighted by molar-refractivity contribution is 4.78. The molecule has 19 heavy (non-hydrogen) atoms. The second kappa shape index (κ2) is 4.51. The van der Waals surface area contributed by atoms with Crippen LogP contribution in [0.2, 0.25) is 0 Å². The van der Waals surface area contributed by atoms with Crippen molar-refractivity contribution in [2.75, 3.05) is 0 Å². The molecule has 4 heteroatoms. The fourth-order valence-corrected chi connectivity index (χ4v) is 1.86. The molecule has 0 N–H and O–H groups in total. The monoisotopic (exact) mass is 261 g/mol. The molecule has 0 aromatic carbocycles. The van der Waals surface area contributed by atoms with Crippen molar-refractivity contribution in [2.45, 2.75) is 59.3 Å². The fraction of sp³-hybridized carbons (Fsp3) is 0.600. The van der Waals surface area contributed by atoms with Gasteiger partial charge in [0.15, 0.2) is 0 Å². The molecule has 0 fully saturated rings. The molecule has 4 nitrogen and oxygen atoms in total. The van der Waals surface area contributed by atoms with Crippen molar-refractivity contribution in [2.24, 2.45) is 0 Å². The maximum atomic E-state index is 3.35. The number of rotatable bonds is 2. The van der Waals surface area contributed by atoms with Crippen LogP contribution in [0.1, 0.15) is 41.5 Å². The van der Waals surface area contributed by atoms with Crippen LogP contribution in [0.15, 0.2) is 31.1 Å². The van der Waals surface area contributed by atoms with Gasteiger partial charge in [-0.25, -0.2) is 9.13 Å². The summed E-state index contributed by atoms with van der Waals surface area (Å²) in [7, 11) is 0. The first-order valence-electron chi connectivity index (χ1n) is 6.74. The molecule has 0 radical (unpaired) electrons. The Morgan fingerprint density at radius 1 is 1.00 bits per heavy atom. The van der Waals surface area contributed by atoms with Gasteiger partial charge in [0.25, 0.3) is 0 Å². The van der Waals surface area contributed by atoms with Gasteiger partial charge in [-0.15, -0.1) is 0 Å². The van der Waals surface area contributed by atoms with E-state index >= 15 is 0 Å². The second-order valence-corrected chi connectivity index (χ2v) is 7.06. The van der Waals surface area contributed by atoms with Crippen molar-refractivity contribution in [3.05, 3.63) is 37.4 Å². The normalized spacial score (nSPS) is 12.9. The zero-order valence-electron chi connectivity index (χ0n) is 12.9.